The molecule has 0 saturated carbocycles. The summed E-state index contributed by atoms with van der Waals surface area (Å²) in [5.74, 6) is 2.73. The van der Waals surface area contributed by atoms with Crippen molar-refractivity contribution in [2.75, 3.05) is 0 Å². The molecular weight excluding hydrogens is 949 g/mol. The molecule has 12 nitrogen and oxygen atoms in total. The topological polar surface area (TPSA) is 105 Å². The Balaban J connectivity index is 0.894. The van der Waals surface area contributed by atoms with E-state index in [0.717, 1.165) is 120 Å². The van der Waals surface area contributed by atoms with E-state index in [1.807, 2.05) is 24.5 Å². The van der Waals surface area contributed by atoms with Crippen LogP contribution in [0.5, 0.6) is 0 Å². The number of rotatable bonds is 3. The van der Waals surface area contributed by atoms with Gasteiger partial charge in [0.1, 0.15) is 14.5 Å². The highest BCUT2D eigenvalue weighted by molar-refractivity contribution is 7.26. The van der Waals surface area contributed by atoms with Gasteiger partial charge in [0.15, 0.2) is 0 Å². The van der Waals surface area contributed by atoms with Gasteiger partial charge in [-0.3, -0.25) is 13.2 Å². The maximum atomic E-state index is 5.36. The average molecular weight is 981 g/mol. The molecule has 0 unspecified atom stereocenters. The third-order valence-electron chi connectivity index (χ3n) is 15.3. The molecule has 0 atom stereocenters. The number of aromatic nitrogens is 12. The number of thiophene rings is 3. The Labute approximate surface area is 416 Å². The number of nitrogens with zero attached hydrogens (tertiary/aromatic N) is 12. The lowest BCUT2D eigenvalue weighted by Crippen LogP contribution is -2.02. The van der Waals surface area contributed by atoms with Gasteiger partial charge in [0, 0.05) is 80.0 Å². The fourth-order valence-electron chi connectivity index (χ4n) is 12.2. The highest BCUT2D eigenvalue weighted by atomic mass is 32.1. The molecule has 12 aromatic heterocycles. The van der Waals surface area contributed by atoms with Crippen molar-refractivity contribution >= 4 is 178 Å². The molecule has 12 heterocycles. The van der Waals surface area contributed by atoms with Crippen LogP contribution < -0.4 is 0 Å². The second-order valence-corrected chi connectivity index (χ2v) is 22.0. The van der Waals surface area contributed by atoms with Gasteiger partial charge in [-0.2, -0.15) is 0 Å². The van der Waals surface area contributed by atoms with Crippen LogP contribution >= 0.6 is 34.0 Å². The van der Waals surface area contributed by atoms with E-state index in [4.69, 9.17) is 29.9 Å². The first-order chi connectivity index (χ1) is 35.5. The summed E-state index contributed by atoms with van der Waals surface area (Å²) in [5.41, 5.74) is 16.3. The van der Waals surface area contributed by atoms with Crippen molar-refractivity contribution in [2.45, 2.75) is 6.54 Å². The zero-order valence-electron chi connectivity index (χ0n) is 38.2. The molecule has 18 rings (SSSR count). The van der Waals surface area contributed by atoms with E-state index in [0.29, 0.717) is 6.54 Å². The van der Waals surface area contributed by atoms with Crippen molar-refractivity contribution in [2.24, 2.45) is 14.1 Å². The quantitative estimate of drug-likeness (QED) is 0.175. The molecule has 338 valence electrons. The third-order valence-corrected chi connectivity index (χ3v) is 18.5. The number of para-hydroxylation sites is 6. The number of imidazole rings is 6. The van der Waals surface area contributed by atoms with Crippen LogP contribution in [0.3, 0.4) is 0 Å². The van der Waals surface area contributed by atoms with Crippen LogP contribution in [-0.2, 0) is 20.6 Å². The van der Waals surface area contributed by atoms with Gasteiger partial charge >= 0.3 is 0 Å². The monoisotopic (exact) mass is 980 g/mol. The van der Waals surface area contributed by atoms with Crippen LogP contribution in [-0.4, -0.2) is 56.8 Å². The first-order valence-corrected chi connectivity index (χ1v) is 26.2. The molecule has 0 aliphatic heterocycles. The summed E-state index contributed by atoms with van der Waals surface area (Å²) in [6.45, 7) is 0.573. The smallest absolute Gasteiger partial charge is 0.216 e. The van der Waals surface area contributed by atoms with E-state index < -0.39 is 0 Å². The van der Waals surface area contributed by atoms with E-state index in [2.05, 4.69) is 162 Å². The highest BCUT2D eigenvalue weighted by Crippen LogP contribution is 2.47. The van der Waals surface area contributed by atoms with Crippen molar-refractivity contribution < 1.29 is 0 Å². The summed E-state index contributed by atoms with van der Waals surface area (Å²) in [5, 5.41) is 6.99. The lowest BCUT2D eigenvalue weighted by atomic mass is 10.0. The molecule has 0 radical (unpaired) electrons. The number of fused-ring (bicyclic) bond motifs is 26. The van der Waals surface area contributed by atoms with E-state index in [-0.39, 0.29) is 0 Å². The normalized spacial score (nSPS) is 12.9. The van der Waals surface area contributed by atoms with E-state index in [1.54, 1.807) is 34.0 Å². The van der Waals surface area contributed by atoms with Gasteiger partial charge in [0.05, 0.1) is 77.4 Å². The zero-order valence-corrected chi connectivity index (χ0v) is 40.6. The van der Waals surface area contributed by atoms with Gasteiger partial charge in [-0.05, 0) is 96.1 Å². The highest BCUT2D eigenvalue weighted by Gasteiger charge is 2.27. The lowest BCUT2D eigenvalue weighted by molar-refractivity contribution is 0.852. The van der Waals surface area contributed by atoms with Crippen LogP contribution in [0.25, 0.3) is 156 Å². The Kier molecular flexibility index (Phi) is 6.95. The molecule has 72 heavy (non-hydrogen) atoms. The van der Waals surface area contributed by atoms with Crippen LogP contribution in [0, 0.1) is 0 Å². The number of hydrogen-bond donors (Lipinski definition) is 0. The first-order valence-electron chi connectivity index (χ1n) is 23.7. The fraction of sp³-hybridized carbons (Fsp3) is 0.0526. The van der Waals surface area contributed by atoms with Crippen LogP contribution in [0.1, 0.15) is 5.56 Å². The van der Waals surface area contributed by atoms with Gasteiger partial charge in [-0.1, -0.05) is 42.5 Å². The molecule has 0 N–H and O–H groups in total. The molecule has 0 saturated heterocycles. The second-order valence-electron chi connectivity index (χ2n) is 18.9. The molecule has 18 aromatic rings. The minimum absolute atomic E-state index is 0.573. The Bertz CT molecular complexity index is 5490. The number of aryl methyl sites for hydroxylation is 2. The van der Waals surface area contributed by atoms with Crippen molar-refractivity contribution in [3.8, 4) is 11.1 Å². The van der Waals surface area contributed by atoms with Gasteiger partial charge in [0.25, 0.3) is 0 Å². The first kappa shape index (κ1) is 38.0. The van der Waals surface area contributed by atoms with Gasteiger partial charge < -0.3 is 13.7 Å². The van der Waals surface area contributed by atoms with E-state index in [9.17, 15) is 0 Å². The Morgan fingerprint density at radius 3 is 1.93 bits per heavy atom. The number of benzene rings is 6. The maximum absolute atomic E-state index is 5.36. The van der Waals surface area contributed by atoms with Crippen LogP contribution in [0.2, 0.25) is 0 Å². The standard InChI is InChI=1S/C57H32N12S3/c1-64-49-41(67-38-14-6-3-11-35(38)61-55(64)67)18-17-32-46-30(19-21-59-54(46)72-51(32)49)28-22-34-47-45(71-53(34)60-26-28)23-29(48-50(47)65(2)56-62-37-13-5-8-16-40(37)69(48)56)27-66-42-24-33-31-10-9-20-58-52(31)70-44(33)25-43(42)68-39-15-7-4-12-36(39)63-57(66)68/h3-26H,27H2,1-2H3. The molecule has 0 fully saturated rings. The van der Waals surface area contributed by atoms with E-state index in [1.165, 1.54) is 41.2 Å². The molecule has 0 spiro atoms. The summed E-state index contributed by atoms with van der Waals surface area (Å²) in [7, 11) is 4.29. The molecule has 0 bridgehead atoms. The summed E-state index contributed by atoms with van der Waals surface area (Å²) < 4.78 is 17.5. The molecule has 0 aliphatic rings. The van der Waals surface area contributed by atoms with Crippen LogP contribution in [0.4, 0.5) is 0 Å². The van der Waals surface area contributed by atoms with Crippen molar-refractivity contribution in [3.63, 3.8) is 0 Å². The Morgan fingerprint density at radius 1 is 0.444 bits per heavy atom. The minimum atomic E-state index is 0.573. The summed E-state index contributed by atoms with van der Waals surface area (Å²) in [6.07, 6.45) is 5.88. The fourth-order valence-corrected chi connectivity index (χ4v) is 15.6. The van der Waals surface area contributed by atoms with Gasteiger partial charge in [0.2, 0.25) is 17.3 Å². The van der Waals surface area contributed by atoms with Gasteiger partial charge in [-0.25, -0.2) is 29.9 Å². The van der Waals surface area contributed by atoms with Crippen molar-refractivity contribution in [1.82, 2.24) is 56.8 Å². The van der Waals surface area contributed by atoms with E-state index >= 15 is 0 Å². The zero-order chi connectivity index (χ0) is 46.8. The van der Waals surface area contributed by atoms with Crippen molar-refractivity contribution in [1.29, 1.82) is 0 Å². The SMILES string of the molecule is Cn1c2c3sc4nccc(-c5cnc6sc7cc(Cn8c9cc%10c(cc9n9c%11ccccc%11nc89)sc8ncccc8%10)c8c(c7c6c5)n(C)c5nc6ccccc6n85)c4c3ccc2n2c3ccccc3nc12. The van der Waals surface area contributed by atoms with Gasteiger partial charge in [-0.15, -0.1) is 34.0 Å². The predicted octanol–water partition coefficient (Wildman–Crippen LogP) is 14.0. The number of pyridine rings is 3. The lowest BCUT2D eigenvalue weighted by Gasteiger charge is -2.10. The molecule has 15 heteroatoms. The maximum Gasteiger partial charge on any atom is 0.216 e. The average Bonchev–Trinajstić information content (AvgIpc) is 4.30. The molecular formula is C57H32N12S3. The summed E-state index contributed by atoms with van der Waals surface area (Å²) >= 11 is 5.24. The largest absolute Gasteiger partial charge is 0.312 e. The summed E-state index contributed by atoms with van der Waals surface area (Å²) in [4.78, 5) is 33.8. The Morgan fingerprint density at radius 2 is 1.12 bits per heavy atom. The molecule has 0 amide bonds. The predicted molar refractivity (Wildman–Crippen MR) is 297 cm³/mol. The Hall–Kier alpha value is -8.76. The summed E-state index contributed by atoms with van der Waals surface area (Å²) in [6, 6.07) is 45.7. The molecule has 6 aromatic carbocycles. The minimum Gasteiger partial charge on any atom is -0.312 e. The second kappa shape index (κ2) is 13.1. The molecule has 0 aliphatic carbocycles. The third kappa shape index (κ3) is 4.62. The van der Waals surface area contributed by atoms with Crippen LogP contribution in [0.15, 0.2) is 146 Å². The van der Waals surface area contributed by atoms with Crippen molar-refractivity contribution in [3.05, 3.63) is 152 Å². The number of hydrogen-bond acceptors (Lipinski definition) is 9.